The fourth-order valence-electron chi connectivity index (χ4n) is 1.94. The Morgan fingerprint density at radius 2 is 2.25 bits per heavy atom. The van der Waals surface area contributed by atoms with Gasteiger partial charge in [0.15, 0.2) is 0 Å². The van der Waals surface area contributed by atoms with E-state index in [1.165, 1.54) is 0 Å². The first kappa shape index (κ1) is 16.0. The van der Waals surface area contributed by atoms with E-state index in [0.717, 1.165) is 18.5 Å². The van der Waals surface area contributed by atoms with Crippen molar-refractivity contribution in [2.45, 2.75) is 20.3 Å². The molecule has 0 fully saturated rings. The van der Waals surface area contributed by atoms with Gasteiger partial charge < -0.3 is 10.1 Å². The molecule has 1 aromatic carbocycles. The Morgan fingerprint density at radius 1 is 1.50 bits per heavy atom. The van der Waals surface area contributed by atoms with Crippen LogP contribution in [0.15, 0.2) is 18.2 Å². The zero-order valence-electron chi connectivity index (χ0n) is 12.3. The van der Waals surface area contributed by atoms with Gasteiger partial charge in [-0.25, -0.2) is 0 Å². The molecule has 1 N–H and O–H groups in total. The zero-order chi connectivity index (χ0) is 15.0. The molecule has 5 heteroatoms. The average molecular weight is 275 g/mol. The normalized spacial score (nSPS) is 10.2. The molecular formula is C15H21N3O2. The van der Waals surface area contributed by atoms with E-state index in [1.807, 2.05) is 36.9 Å². The number of amides is 1. The Hall–Kier alpha value is -2.06. The minimum absolute atomic E-state index is 0.141. The standard InChI is InChI=1S/C15H21N3O2/c1-4-8-18(9-7-16)11-15(19)17-13-10-12(2)5-6-14(13)20-3/h5-6,10H,4,8-9,11H2,1-3H3,(H,17,19). The van der Waals surface area contributed by atoms with E-state index < -0.39 is 0 Å². The molecule has 0 heterocycles. The summed E-state index contributed by atoms with van der Waals surface area (Å²) in [4.78, 5) is 13.9. The third-order valence-corrected chi connectivity index (χ3v) is 2.83. The Kier molecular flexibility index (Phi) is 6.54. The van der Waals surface area contributed by atoms with E-state index in [0.29, 0.717) is 11.4 Å². The quantitative estimate of drug-likeness (QED) is 0.775. The lowest BCUT2D eigenvalue weighted by Crippen LogP contribution is -2.34. The van der Waals surface area contributed by atoms with Gasteiger partial charge in [-0.05, 0) is 37.6 Å². The smallest absolute Gasteiger partial charge is 0.238 e. The Bertz CT molecular complexity index is 494. The van der Waals surface area contributed by atoms with Crippen molar-refractivity contribution in [3.8, 4) is 11.8 Å². The van der Waals surface area contributed by atoms with Gasteiger partial charge in [-0.3, -0.25) is 9.69 Å². The van der Waals surface area contributed by atoms with Gasteiger partial charge in [-0.15, -0.1) is 0 Å². The molecule has 20 heavy (non-hydrogen) atoms. The molecule has 5 nitrogen and oxygen atoms in total. The summed E-state index contributed by atoms with van der Waals surface area (Å²) in [6, 6.07) is 7.69. The number of benzene rings is 1. The van der Waals surface area contributed by atoms with Gasteiger partial charge in [0.25, 0.3) is 0 Å². The van der Waals surface area contributed by atoms with Crippen molar-refractivity contribution in [1.29, 1.82) is 5.26 Å². The minimum Gasteiger partial charge on any atom is -0.495 e. The second-order valence-corrected chi connectivity index (χ2v) is 4.62. The molecule has 0 unspecified atom stereocenters. The summed E-state index contributed by atoms with van der Waals surface area (Å²) < 4.78 is 5.22. The fourth-order valence-corrected chi connectivity index (χ4v) is 1.94. The predicted molar refractivity (Wildman–Crippen MR) is 78.7 cm³/mol. The van der Waals surface area contributed by atoms with E-state index in [2.05, 4.69) is 11.4 Å². The van der Waals surface area contributed by atoms with Gasteiger partial charge >= 0.3 is 0 Å². The van der Waals surface area contributed by atoms with Crippen LogP contribution in [0.1, 0.15) is 18.9 Å². The van der Waals surface area contributed by atoms with Crippen molar-refractivity contribution < 1.29 is 9.53 Å². The summed E-state index contributed by atoms with van der Waals surface area (Å²) in [5.74, 6) is 0.490. The SMILES string of the molecule is CCCN(CC#N)CC(=O)Nc1cc(C)ccc1OC. The Labute approximate surface area is 120 Å². The number of hydrogen-bond acceptors (Lipinski definition) is 4. The van der Waals surface area contributed by atoms with E-state index in [9.17, 15) is 4.79 Å². The first-order valence-electron chi connectivity index (χ1n) is 6.64. The maximum atomic E-state index is 12.0. The summed E-state index contributed by atoms with van der Waals surface area (Å²) in [7, 11) is 1.57. The second kappa shape index (κ2) is 8.18. The molecule has 0 radical (unpaired) electrons. The summed E-state index contributed by atoms with van der Waals surface area (Å²) in [6.07, 6.45) is 0.905. The lowest BCUT2D eigenvalue weighted by atomic mass is 10.2. The van der Waals surface area contributed by atoms with Crippen LogP contribution in [0.3, 0.4) is 0 Å². The van der Waals surface area contributed by atoms with Crippen LogP contribution in [-0.2, 0) is 4.79 Å². The largest absolute Gasteiger partial charge is 0.495 e. The summed E-state index contributed by atoms with van der Waals surface area (Å²) >= 11 is 0. The third-order valence-electron chi connectivity index (χ3n) is 2.83. The lowest BCUT2D eigenvalue weighted by Gasteiger charge is -2.18. The van der Waals surface area contributed by atoms with Gasteiger partial charge in [0.1, 0.15) is 5.75 Å². The lowest BCUT2D eigenvalue weighted by molar-refractivity contribution is -0.117. The van der Waals surface area contributed by atoms with Gasteiger partial charge in [-0.2, -0.15) is 5.26 Å². The molecular weight excluding hydrogens is 254 g/mol. The number of carbonyl (C=O) groups excluding carboxylic acids is 1. The van der Waals surface area contributed by atoms with Crippen molar-refractivity contribution in [3.63, 3.8) is 0 Å². The molecule has 0 aromatic heterocycles. The summed E-state index contributed by atoms with van der Waals surface area (Å²) in [6.45, 7) is 5.16. The summed E-state index contributed by atoms with van der Waals surface area (Å²) in [5, 5.41) is 11.6. The molecule has 1 aromatic rings. The van der Waals surface area contributed by atoms with Gasteiger partial charge in [0, 0.05) is 0 Å². The van der Waals surface area contributed by atoms with Crippen molar-refractivity contribution in [1.82, 2.24) is 4.90 Å². The van der Waals surface area contributed by atoms with Crippen LogP contribution < -0.4 is 10.1 Å². The molecule has 108 valence electrons. The highest BCUT2D eigenvalue weighted by atomic mass is 16.5. The number of nitriles is 1. The maximum Gasteiger partial charge on any atom is 0.238 e. The highest BCUT2D eigenvalue weighted by Gasteiger charge is 2.12. The highest BCUT2D eigenvalue weighted by molar-refractivity contribution is 5.93. The number of methoxy groups -OCH3 is 1. The molecule has 0 aliphatic carbocycles. The molecule has 0 spiro atoms. The molecule has 1 amide bonds. The number of anilines is 1. The Morgan fingerprint density at radius 3 is 2.85 bits per heavy atom. The Balaban J connectivity index is 2.70. The van der Waals surface area contributed by atoms with Crippen LogP contribution in [0.2, 0.25) is 0 Å². The van der Waals surface area contributed by atoms with Gasteiger partial charge in [-0.1, -0.05) is 13.0 Å². The van der Waals surface area contributed by atoms with Crippen molar-refractivity contribution >= 4 is 11.6 Å². The number of aryl methyl sites for hydroxylation is 1. The van der Waals surface area contributed by atoms with Gasteiger partial charge in [0.05, 0.1) is 32.0 Å². The first-order valence-corrected chi connectivity index (χ1v) is 6.64. The average Bonchev–Trinajstić information content (AvgIpc) is 2.39. The molecule has 0 atom stereocenters. The van der Waals surface area contributed by atoms with Crippen LogP contribution in [0.25, 0.3) is 0 Å². The molecule has 0 aliphatic heterocycles. The van der Waals surface area contributed by atoms with Crippen molar-refractivity contribution in [3.05, 3.63) is 23.8 Å². The molecule has 0 aliphatic rings. The number of rotatable bonds is 7. The number of nitrogens with one attached hydrogen (secondary N) is 1. The van der Waals surface area contributed by atoms with E-state index in [-0.39, 0.29) is 19.0 Å². The van der Waals surface area contributed by atoms with Crippen LogP contribution in [0, 0.1) is 18.3 Å². The fraction of sp³-hybridized carbons (Fsp3) is 0.467. The van der Waals surface area contributed by atoms with Gasteiger partial charge in [0.2, 0.25) is 5.91 Å². The van der Waals surface area contributed by atoms with Crippen molar-refractivity contribution in [2.24, 2.45) is 0 Å². The molecule has 1 rings (SSSR count). The molecule has 0 saturated heterocycles. The topological polar surface area (TPSA) is 65.4 Å². The molecule has 0 saturated carbocycles. The minimum atomic E-state index is -0.141. The summed E-state index contributed by atoms with van der Waals surface area (Å²) in [5.41, 5.74) is 1.70. The van der Waals surface area contributed by atoms with Crippen LogP contribution in [0.5, 0.6) is 5.75 Å². The number of ether oxygens (including phenoxy) is 1. The van der Waals surface area contributed by atoms with Crippen LogP contribution >= 0.6 is 0 Å². The predicted octanol–water partition coefficient (Wildman–Crippen LogP) is 2.18. The van der Waals surface area contributed by atoms with E-state index in [4.69, 9.17) is 10.00 Å². The number of carbonyl (C=O) groups is 1. The molecule has 0 bridgehead atoms. The number of hydrogen-bond donors (Lipinski definition) is 1. The van der Waals surface area contributed by atoms with E-state index >= 15 is 0 Å². The zero-order valence-corrected chi connectivity index (χ0v) is 12.3. The van der Waals surface area contributed by atoms with E-state index in [1.54, 1.807) is 7.11 Å². The van der Waals surface area contributed by atoms with Crippen LogP contribution in [-0.4, -0.2) is 37.6 Å². The van der Waals surface area contributed by atoms with Crippen molar-refractivity contribution in [2.75, 3.05) is 32.1 Å². The third kappa shape index (κ3) is 4.90. The first-order chi connectivity index (χ1) is 9.60. The highest BCUT2D eigenvalue weighted by Crippen LogP contribution is 2.25. The van der Waals surface area contributed by atoms with Crippen LogP contribution in [0.4, 0.5) is 5.69 Å². The second-order valence-electron chi connectivity index (χ2n) is 4.62. The monoisotopic (exact) mass is 275 g/mol. The number of nitrogens with zero attached hydrogens (tertiary/aromatic N) is 2. The maximum absolute atomic E-state index is 12.0.